The van der Waals surface area contributed by atoms with E-state index in [0.29, 0.717) is 13.0 Å². The van der Waals surface area contributed by atoms with Crippen molar-refractivity contribution in [3.05, 3.63) is 0 Å². The first-order chi connectivity index (χ1) is 14.3. The molecule has 175 valence electrons. The topological polar surface area (TPSA) is 175 Å². The predicted octanol–water partition coefficient (Wildman–Crippen LogP) is 2.28. The van der Waals surface area contributed by atoms with Gasteiger partial charge in [-0.25, -0.2) is 13.4 Å². The lowest BCUT2D eigenvalue weighted by Gasteiger charge is -2.22. The lowest BCUT2D eigenvalue weighted by Crippen LogP contribution is -2.29. The Bertz CT molecular complexity index is 727. The van der Waals surface area contributed by atoms with Gasteiger partial charge in [-0.1, -0.05) is 21.6 Å². The molecule has 18 heteroatoms. The van der Waals surface area contributed by atoms with Crippen molar-refractivity contribution in [2.24, 2.45) is 0 Å². The van der Waals surface area contributed by atoms with Gasteiger partial charge in [-0.15, -0.1) is 0 Å². The van der Waals surface area contributed by atoms with Crippen LogP contribution in [-0.2, 0) is 41.1 Å². The Morgan fingerprint density at radius 2 is 2.00 bits per heavy atom. The summed E-state index contributed by atoms with van der Waals surface area (Å²) in [6.45, 7) is 2.56. The Morgan fingerprint density at radius 3 is 2.60 bits per heavy atom. The highest BCUT2D eigenvalue weighted by Crippen LogP contribution is 2.66. The molecule has 0 spiro atoms. The molecular weight excluding hydrogens is 504 g/mol. The van der Waals surface area contributed by atoms with Gasteiger partial charge in [0.05, 0.1) is 18.5 Å². The molecule has 5 atom stereocenters. The highest BCUT2D eigenvalue weighted by atomic mass is 33.1. The molecule has 0 bridgehead atoms. The number of carbonyl (C=O) groups excluding carboxylic acids is 1. The molecule has 1 saturated heterocycles. The number of ether oxygens (including phenoxy) is 2. The van der Waals surface area contributed by atoms with Gasteiger partial charge in [0.2, 0.25) is 0 Å². The predicted molar refractivity (Wildman–Crippen MR) is 114 cm³/mol. The van der Waals surface area contributed by atoms with E-state index in [1.807, 2.05) is 0 Å². The van der Waals surface area contributed by atoms with Crippen LogP contribution in [0.4, 0.5) is 0 Å². The van der Waals surface area contributed by atoms with E-state index in [9.17, 15) is 23.4 Å². The summed E-state index contributed by atoms with van der Waals surface area (Å²) >= 11 is 0. The van der Waals surface area contributed by atoms with Crippen molar-refractivity contribution in [1.29, 1.82) is 0 Å². The van der Waals surface area contributed by atoms with Crippen molar-refractivity contribution in [3.63, 3.8) is 0 Å². The minimum atomic E-state index is -5.37. The summed E-state index contributed by atoms with van der Waals surface area (Å²) in [5.41, 5.74) is 0. The molecule has 1 rings (SSSR count). The highest BCUT2D eigenvalue weighted by molar-refractivity contribution is 8.76. The van der Waals surface area contributed by atoms with Crippen LogP contribution in [0.5, 0.6) is 0 Å². The SMILES string of the molecule is [2H]CSSCC(=O)C[B][C@H]1CC(OCC)[C@@H](COP(C)(=O)OP(=O)(O)OP(=O)(O)O)O1. The molecule has 1 heterocycles. The molecule has 3 N–H and O–H groups in total. The second kappa shape index (κ2) is 12.9. The van der Waals surface area contributed by atoms with Gasteiger partial charge >= 0.3 is 23.2 Å². The van der Waals surface area contributed by atoms with Crippen molar-refractivity contribution in [2.75, 3.05) is 31.9 Å². The van der Waals surface area contributed by atoms with Crippen molar-refractivity contribution < 1.29 is 57.2 Å². The van der Waals surface area contributed by atoms with E-state index in [1.54, 1.807) is 14.2 Å². The fraction of sp³-hybridized carbons (Fsp3) is 0.917. The molecule has 1 fully saturated rings. The van der Waals surface area contributed by atoms with Crippen molar-refractivity contribution in [3.8, 4) is 0 Å². The van der Waals surface area contributed by atoms with Crippen LogP contribution in [0, 0.1) is 0 Å². The molecule has 12 nitrogen and oxygen atoms in total. The van der Waals surface area contributed by atoms with Crippen LogP contribution in [0.2, 0.25) is 6.32 Å². The smallest absolute Gasteiger partial charge is 0.379 e. The maximum atomic E-state index is 12.3. The van der Waals surface area contributed by atoms with E-state index in [2.05, 4.69) is 8.62 Å². The van der Waals surface area contributed by atoms with E-state index in [4.69, 9.17) is 25.2 Å². The summed E-state index contributed by atoms with van der Waals surface area (Å²) in [6.07, 6.45) is -0.485. The van der Waals surface area contributed by atoms with Gasteiger partial charge in [-0.05, 0) is 25.9 Å². The molecule has 3 unspecified atom stereocenters. The van der Waals surface area contributed by atoms with Crippen LogP contribution in [0.3, 0.4) is 0 Å². The molecule has 1 radical (unpaired) electrons. The van der Waals surface area contributed by atoms with Gasteiger partial charge in [0.1, 0.15) is 11.9 Å². The molecule has 0 saturated carbocycles. The summed E-state index contributed by atoms with van der Waals surface area (Å²) in [5.74, 6) is 0.236. The van der Waals surface area contributed by atoms with Crippen LogP contribution in [0.1, 0.15) is 14.7 Å². The number of rotatable bonds is 15. The molecule has 0 aromatic heterocycles. The van der Waals surface area contributed by atoms with Crippen molar-refractivity contribution in [1.82, 2.24) is 0 Å². The molecule has 1 aliphatic heterocycles. The average molecular weight is 530 g/mol. The Morgan fingerprint density at radius 1 is 1.30 bits per heavy atom. The number of ketones is 1. The molecule has 0 aliphatic carbocycles. The maximum absolute atomic E-state index is 12.3. The minimum Gasteiger partial charge on any atom is -0.379 e. The Hall–Kier alpha value is 0.805. The van der Waals surface area contributed by atoms with Crippen LogP contribution in [-0.4, -0.2) is 77.8 Å². The number of phosphoric acid groups is 2. The third kappa shape index (κ3) is 12.2. The van der Waals surface area contributed by atoms with E-state index in [0.717, 1.165) is 6.66 Å². The average Bonchev–Trinajstić information content (AvgIpc) is 2.98. The standard InChI is InChI=1S/C12H25BO12P3S2/c1-4-21-10-5-12(13-6-9(14)8-30-29-3)23-11(10)7-22-26(2,15)24-28(19,20)25-27(16,17)18/h10-12H,4-8H2,1-3H3,(H,19,20)(H2,16,17,18)/t10?,11-,12-,26?/m1/s1/i3D. The zero-order chi connectivity index (χ0) is 23.7. The summed E-state index contributed by atoms with van der Waals surface area (Å²) in [7, 11) is -10.7. The van der Waals surface area contributed by atoms with Crippen LogP contribution in [0.15, 0.2) is 0 Å². The first kappa shape index (κ1) is 27.1. The third-order valence-electron chi connectivity index (χ3n) is 3.46. The summed E-state index contributed by atoms with van der Waals surface area (Å²) in [4.78, 5) is 38.4. The Labute approximate surface area is 184 Å². The monoisotopic (exact) mass is 530 g/mol. The second-order valence-corrected chi connectivity index (χ2v) is 13.2. The second-order valence-electron chi connectivity index (χ2n) is 5.99. The van der Waals surface area contributed by atoms with Crippen molar-refractivity contribution in [2.45, 2.75) is 37.9 Å². The maximum Gasteiger partial charge on any atom is 0.488 e. The quantitative estimate of drug-likeness (QED) is 0.122. The molecule has 0 aromatic carbocycles. The summed E-state index contributed by atoms with van der Waals surface area (Å²) in [5, 5.41) is 0. The summed E-state index contributed by atoms with van der Waals surface area (Å²) in [6, 6.07) is -0.443. The van der Waals surface area contributed by atoms with Gasteiger partial charge in [0, 0.05) is 20.6 Å². The molecule has 30 heavy (non-hydrogen) atoms. The normalized spacial score (nSPS) is 26.6. The Balaban J connectivity index is 2.57. The minimum absolute atomic E-state index is 0.0302. The largest absolute Gasteiger partial charge is 0.488 e. The fourth-order valence-electron chi connectivity index (χ4n) is 2.43. The van der Waals surface area contributed by atoms with Gasteiger partial charge in [-0.3, -0.25) is 9.36 Å². The number of hydrogen-bond acceptors (Lipinski definition) is 11. The molecular formula is C12H25BO12P3S2. The van der Waals surface area contributed by atoms with E-state index in [1.165, 1.54) is 21.6 Å². The summed E-state index contributed by atoms with van der Waals surface area (Å²) < 4.78 is 65.8. The van der Waals surface area contributed by atoms with E-state index in [-0.39, 0.29) is 30.7 Å². The van der Waals surface area contributed by atoms with Gasteiger partial charge in [-0.2, -0.15) is 4.31 Å². The lowest BCUT2D eigenvalue weighted by molar-refractivity contribution is -0.114. The van der Waals surface area contributed by atoms with E-state index >= 15 is 0 Å². The number of hydrogen-bond donors (Lipinski definition) is 3. The lowest BCUT2D eigenvalue weighted by atomic mass is 9.66. The van der Waals surface area contributed by atoms with Crippen LogP contribution in [0.25, 0.3) is 0 Å². The van der Waals surface area contributed by atoms with Crippen LogP contribution >= 0.6 is 44.8 Å². The third-order valence-corrected chi connectivity index (χ3v) is 9.22. The van der Waals surface area contributed by atoms with Crippen molar-refractivity contribution >= 4 is 57.9 Å². The van der Waals surface area contributed by atoms with E-state index < -0.39 is 41.5 Å². The first-order valence-electron chi connectivity index (χ1n) is 9.16. The van der Waals surface area contributed by atoms with Crippen LogP contribution < -0.4 is 0 Å². The zero-order valence-corrected chi connectivity index (χ0v) is 20.5. The van der Waals surface area contributed by atoms with Gasteiger partial charge in [0.15, 0.2) is 7.28 Å². The number of carbonyl (C=O) groups is 1. The van der Waals surface area contributed by atoms with Gasteiger partial charge in [0.25, 0.3) is 0 Å². The first-order valence-corrected chi connectivity index (χ1v) is 16.0. The highest BCUT2D eigenvalue weighted by Gasteiger charge is 2.41. The molecule has 1 aliphatic rings. The van der Waals surface area contributed by atoms with Gasteiger partial charge < -0.3 is 28.7 Å². The molecule has 0 aromatic rings. The number of Topliss-reactive ketones (excluding diaryl/α,β-unsaturated/α-hetero) is 1. The fourth-order valence-corrected chi connectivity index (χ4v) is 6.98. The molecule has 0 amide bonds. The zero-order valence-electron chi connectivity index (χ0n) is 17.2. The Kier molecular flexibility index (Phi) is 11.6.